The molecule has 1 aliphatic heterocycles. The van der Waals surface area contributed by atoms with E-state index in [2.05, 4.69) is 12.2 Å². The van der Waals surface area contributed by atoms with E-state index in [1.165, 1.54) is 12.8 Å². The lowest BCUT2D eigenvalue weighted by Crippen LogP contribution is -2.66. The number of hydrogen-bond acceptors (Lipinski definition) is 2. The average Bonchev–Trinajstić information content (AvgIpc) is 2.87. The fourth-order valence-electron chi connectivity index (χ4n) is 3.36. The average molecular weight is 266 g/mol. The number of carbonyl (C=O) groups excluding carboxylic acids is 2. The van der Waals surface area contributed by atoms with E-state index in [0.717, 1.165) is 25.7 Å². The van der Waals surface area contributed by atoms with E-state index in [9.17, 15) is 9.59 Å². The summed E-state index contributed by atoms with van der Waals surface area (Å²) in [5.41, 5.74) is 0. The van der Waals surface area contributed by atoms with Gasteiger partial charge in [-0.2, -0.15) is 0 Å². The van der Waals surface area contributed by atoms with Crippen LogP contribution in [0, 0.1) is 5.92 Å². The van der Waals surface area contributed by atoms with Crippen LogP contribution in [0.1, 0.15) is 59.3 Å². The van der Waals surface area contributed by atoms with Gasteiger partial charge in [0.1, 0.15) is 12.1 Å². The third-order valence-corrected chi connectivity index (χ3v) is 4.40. The molecule has 2 rings (SSSR count). The lowest BCUT2D eigenvalue weighted by molar-refractivity contribution is -0.153. The molecule has 1 heterocycles. The van der Waals surface area contributed by atoms with Gasteiger partial charge in [-0.15, -0.1) is 0 Å². The predicted molar refractivity (Wildman–Crippen MR) is 74.6 cm³/mol. The van der Waals surface area contributed by atoms with Crippen molar-refractivity contribution in [3.63, 3.8) is 0 Å². The lowest BCUT2D eigenvalue weighted by Gasteiger charge is -2.43. The van der Waals surface area contributed by atoms with Crippen molar-refractivity contribution in [1.82, 2.24) is 10.2 Å². The summed E-state index contributed by atoms with van der Waals surface area (Å²) >= 11 is 0. The molecule has 1 saturated heterocycles. The normalized spacial score (nSPS) is 29.2. The van der Waals surface area contributed by atoms with E-state index in [1.807, 2.05) is 18.7 Å². The second-order valence-electron chi connectivity index (χ2n) is 6.22. The molecule has 108 valence electrons. The van der Waals surface area contributed by atoms with Gasteiger partial charge >= 0.3 is 0 Å². The molecule has 2 unspecified atom stereocenters. The van der Waals surface area contributed by atoms with Crippen LogP contribution in [0.25, 0.3) is 0 Å². The Morgan fingerprint density at radius 3 is 2.42 bits per heavy atom. The Kier molecular flexibility index (Phi) is 4.48. The largest absolute Gasteiger partial charge is 0.342 e. The molecule has 1 saturated carbocycles. The summed E-state index contributed by atoms with van der Waals surface area (Å²) in [4.78, 5) is 26.9. The smallest absolute Gasteiger partial charge is 0.246 e. The van der Waals surface area contributed by atoms with Gasteiger partial charge in [-0.25, -0.2) is 0 Å². The Morgan fingerprint density at radius 2 is 1.89 bits per heavy atom. The van der Waals surface area contributed by atoms with Gasteiger partial charge in [-0.1, -0.05) is 40.0 Å². The minimum Gasteiger partial charge on any atom is -0.342 e. The van der Waals surface area contributed by atoms with Crippen molar-refractivity contribution in [2.45, 2.75) is 77.4 Å². The van der Waals surface area contributed by atoms with E-state index in [-0.39, 0.29) is 35.9 Å². The van der Waals surface area contributed by atoms with Gasteiger partial charge in [0.25, 0.3) is 0 Å². The van der Waals surface area contributed by atoms with Crippen molar-refractivity contribution in [3.05, 3.63) is 0 Å². The molecular weight excluding hydrogens is 240 g/mol. The maximum Gasteiger partial charge on any atom is 0.246 e. The van der Waals surface area contributed by atoms with Crippen molar-refractivity contribution in [2.75, 3.05) is 0 Å². The van der Waals surface area contributed by atoms with Crippen LogP contribution in [-0.2, 0) is 9.59 Å². The Labute approximate surface area is 115 Å². The maximum atomic E-state index is 12.7. The van der Waals surface area contributed by atoms with Crippen LogP contribution in [0.2, 0.25) is 0 Å². The Morgan fingerprint density at radius 1 is 1.26 bits per heavy atom. The summed E-state index contributed by atoms with van der Waals surface area (Å²) in [5, 5.41) is 2.92. The van der Waals surface area contributed by atoms with Gasteiger partial charge in [0.15, 0.2) is 0 Å². The minimum atomic E-state index is -0.332. The van der Waals surface area contributed by atoms with Crippen LogP contribution in [0.5, 0.6) is 0 Å². The first kappa shape index (κ1) is 14.4. The first-order valence-corrected chi connectivity index (χ1v) is 7.68. The van der Waals surface area contributed by atoms with Gasteiger partial charge in [0.2, 0.25) is 11.8 Å². The molecule has 2 atom stereocenters. The topological polar surface area (TPSA) is 49.4 Å². The Balaban J connectivity index is 2.23. The summed E-state index contributed by atoms with van der Waals surface area (Å²) in [7, 11) is 0. The molecule has 0 spiro atoms. The number of hydrogen-bond donors (Lipinski definition) is 1. The standard InChI is InChI=1S/C15H26N2O2/c1-4-7-12-14(18)16-13(10(2)3)15(19)17(12)11-8-5-6-9-11/h10-13H,4-9H2,1-3H3,(H,16,18). The highest BCUT2D eigenvalue weighted by atomic mass is 16.2. The summed E-state index contributed by atoms with van der Waals surface area (Å²) in [6.07, 6.45) is 6.19. The van der Waals surface area contributed by atoms with E-state index >= 15 is 0 Å². The number of carbonyl (C=O) groups is 2. The first-order chi connectivity index (χ1) is 9.06. The van der Waals surface area contributed by atoms with Gasteiger partial charge in [0.05, 0.1) is 0 Å². The molecule has 0 aromatic rings. The van der Waals surface area contributed by atoms with Crippen LogP contribution in [0.3, 0.4) is 0 Å². The fraction of sp³-hybridized carbons (Fsp3) is 0.867. The molecule has 2 amide bonds. The quantitative estimate of drug-likeness (QED) is 0.847. The number of piperazine rings is 1. The molecule has 0 aromatic carbocycles. The second-order valence-corrected chi connectivity index (χ2v) is 6.22. The molecule has 2 aliphatic rings. The van der Waals surface area contributed by atoms with Crippen molar-refractivity contribution >= 4 is 11.8 Å². The van der Waals surface area contributed by atoms with E-state index in [1.54, 1.807) is 0 Å². The van der Waals surface area contributed by atoms with Gasteiger partial charge in [-0.3, -0.25) is 9.59 Å². The zero-order valence-corrected chi connectivity index (χ0v) is 12.3. The molecule has 0 aromatic heterocycles. The van der Waals surface area contributed by atoms with Gasteiger partial charge in [0, 0.05) is 6.04 Å². The number of rotatable bonds is 4. The van der Waals surface area contributed by atoms with E-state index in [0.29, 0.717) is 0 Å². The summed E-state index contributed by atoms with van der Waals surface area (Å²) in [6.45, 7) is 6.06. The third-order valence-electron chi connectivity index (χ3n) is 4.40. The summed E-state index contributed by atoms with van der Waals surface area (Å²) in [6, 6.07) is -0.284. The molecule has 4 nitrogen and oxygen atoms in total. The highest BCUT2D eigenvalue weighted by molar-refractivity contribution is 5.97. The van der Waals surface area contributed by atoms with Crippen LogP contribution in [-0.4, -0.2) is 34.8 Å². The van der Waals surface area contributed by atoms with Crippen LogP contribution >= 0.6 is 0 Å². The molecule has 1 aliphatic carbocycles. The maximum absolute atomic E-state index is 12.7. The molecule has 1 N–H and O–H groups in total. The van der Waals surface area contributed by atoms with Crippen LogP contribution in [0.15, 0.2) is 0 Å². The number of nitrogens with zero attached hydrogens (tertiary/aromatic N) is 1. The molecule has 2 fully saturated rings. The Bertz CT molecular complexity index is 348. The molecular formula is C15H26N2O2. The highest BCUT2D eigenvalue weighted by Gasteiger charge is 2.44. The zero-order chi connectivity index (χ0) is 14.0. The number of amides is 2. The molecule has 0 bridgehead atoms. The van der Waals surface area contributed by atoms with E-state index < -0.39 is 0 Å². The van der Waals surface area contributed by atoms with Crippen LogP contribution in [0.4, 0.5) is 0 Å². The van der Waals surface area contributed by atoms with Crippen molar-refractivity contribution < 1.29 is 9.59 Å². The first-order valence-electron chi connectivity index (χ1n) is 7.68. The number of nitrogens with one attached hydrogen (secondary N) is 1. The molecule has 0 radical (unpaired) electrons. The van der Waals surface area contributed by atoms with Crippen molar-refractivity contribution in [2.24, 2.45) is 5.92 Å². The molecule has 19 heavy (non-hydrogen) atoms. The van der Waals surface area contributed by atoms with Crippen LogP contribution < -0.4 is 5.32 Å². The lowest BCUT2D eigenvalue weighted by atomic mass is 9.94. The van der Waals surface area contributed by atoms with Crippen molar-refractivity contribution in [1.29, 1.82) is 0 Å². The van der Waals surface area contributed by atoms with E-state index in [4.69, 9.17) is 0 Å². The second kappa shape index (κ2) is 5.93. The van der Waals surface area contributed by atoms with Gasteiger partial charge in [-0.05, 0) is 25.2 Å². The summed E-state index contributed by atoms with van der Waals surface area (Å²) < 4.78 is 0. The SMILES string of the molecule is CCCC1C(=O)NC(C(C)C)C(=O)N1C1CCCC1. The Hall–Kier alpha value is -1.06. The zero-order valence-electron chi connectivity index (χ0n) is 12.3. The molecule has 4 heteroatoms. The predicted octanol–water partition coefficient (Wildman–Crippen LogP) is 2.08. The summed E-state index contributed by atoms with van der Waals surface area (Å²) in [5.74, 6) is 0.343. The highest BCUT2D eigenvalue weighted by Crippen LogP contribution is 2.29. The monoisotopic (exact) mass is 266 g/mol. The van der Waals surface area contributed by atoms with Gasteiger partial charge < -0.3 is 10.2 Å². The fourth-order valence-corrected chi connectivity index (χ4v) is 3.36. The third kappa shape index (κ3) is 2.77. The minimum absolute atomic E-state index is 0.0482. The van der Waals surface area contributed by atoms with Crippen molar-refractivity contribution in [3.8, 4) is 0 Å².